The Hall–Kier alpha value is -4.88. The predicted octanol–water partition coefficient (Wildman–Crippen LogP) is 6.87. The highest BCUT2D eigenvalue weighted by Gasteiger charge is 2.40. The molecule has 0 saturated carbocycles. The SMILES string of the molecule is CN(C(=O)c1cc2ccccc2cc1C(=O)C(c1cccc2ccccc12)P(=O)(O)O)C1CCN(C(=O)C=Cc2ccccc2)CC1. The summed E-state index contributed by atoms with van der Waals surface area (Å²) in [6, 6.07) is 32.0. The van der Waals surface area contributed by atoms with Crippen molar-refractivity contribution in [2.45, 2.75) is 24.5 Å². The molecule has 5 aromatic rings. The van der Waals surface area contributed by atoms with Gasteiger partial charge in [-0.3, -0.25) is 18.9 Å². The van der Waals surface area contributed by atoms with Gasteiger partial charge in [-0.15, -0.1) is 0 Å². The number of likely N-dealkylation sites (tertiary alicyclic amines) is 1. The van der Waals surface area contributed by atoms with E-state index in [1.54, 1.807) is 77.5 Å². The fraction of sp³-hybridized carbons (Fsp3) is 0.184. The van der Waals surface area contributed by atoms with E-state index < -0.39 is 24.9 Å². The molecule has 1 fully saturated rings. The molecule has 0 bridgehead atoms. The summed E-state index contributed by atoms with van der Waals surface area (Å²) in [6.07, 6.45) is 4.44. The van der Waals surface area contributed by atoms with Crippen LogP contribution < -0.4 is 0 Å². The van der Waals surface area contributed by atoms with Crippen LogP contribution in [0.15, 0.2) is 115 Å². The highest BCUT2D eigenvalue weighted by molar-refractivity contribution is 7.53. The largest absolute Gasteiger partial charge is 0.340 e. The van der Waals surface area contributed by atoms with Crippen LogP contribution in [-0.2, 0) is 9.36 Å². The van der Waals surface area contributed by atoms with Crippen LogP contribution in [0.3, 0.4) is 0 Å². The van der Waals surface area contributed by atoms with Gasteiger partial charge >= 0.3 is 7.60 Å². The van der Waals surface area contributed by atoms with Crippen molar-refractivity contribution in [1.29, 1.82) is 0 Å². The standard InChI is InChI=1S/C38H35N2O6P/c1-39(30-20-22-40(23-21-30)35(41)19-18-26-10-3-2-4-11-26)38(43)34-25-29-14-6-5-13-28(29)24-33(34)36(42)37(47(44,45)46)32-17-9-15-27-12-7-8-16-31(27)32/h2-19,24-25,30,37H,20-23H2,1H3,(H2,44,45,46). The van der Waals surface area contributed by atoms with Crippen molar-refractivity contribution >= 4 is 52.8 Å². The van der Waals surface area contributed by atoms with Crippen LogP contribution in [0.2, 0.25) is 0 Å². The molecule has 0 radical (unpaired) electrons. The van der Waals surface area contributed by atoms with Crippen LogP contribution in [0.4, 0.5) is 0 Å². The second-order valence-electron chi connectivity index (χ2n) is 11.9. The van der Waals surface area contributed by atoms with Gasteiger partial charge < -0.3 is 19.6 Å². The second kappa shape index (κ2) is 13.5. The zero-order chi connectivity index (χ0) is 33.1. The van der Waals surface area contributed by atoms with Gasteiger partial charge in [0.2, 0.25) is 5.91 Å². The quantitative estimate of drug-likeness (QED) is 0.108. The number of Topliss-reactive ketones (excluding diaryl/α,β-unsaturated/α-hetero) is 1. The second-order valence-corrected chi connectivity index (χ2v) is 13.6. The summed E-state index contributed by atoms with van der Waals surface area (Å²) in [6.45, 7) is 0.927. The smallest absolute Gasteiger partial charge is 0.339 e. The zero-order valence-electron chi connectivity index (χ0n) is 25.9. The molecule has 0 spiro atoms. The predicted molar refractivity (Wildman–Crippen MR) is 184 cm³/mol. The molecule has 1 aliphatic rings. The van der Waals surface area contributed by atoms with Crippen LogP contribution in [0.5, 0.6) is 0 Å². The fourth-order valence-corrected chi connectivity index (χ4v) is 7.43. The first-order chi connectivity index (χ1) is 22.6. The van der Waals surface area contributed by atoms with Crippen molar-refractivity contribution in [2.24, 2.45) is 0 Å². The maximum atomic E-state index is 14.4. The van der Waals surface area contributed by atoms with Crippen molar-refractivity contribution < 1.29 is 28.7 Å². The van der Waals surface area contributed by atoms with E-state index >= 15 is 0 Å². The van der Waals surface area contributed by atoms with Crippen LogP contribution in [0.25, 0.3) is 27.6 Å². The summed E-state index contributed by atoms with van der Waals surface area (Å²) < 4.78 is 13.1. The van der Waals surface area contributed by atoms with Gasteiger partial charge in [0, 0.05) is 37.8 Å². The Kier molecular flexibility index (Phi) is 9.19. The van der Waals surface area contributed by atoms with Crippen molar-refractivity contribution in [1.82, 2.24) is 9.80 Å². The molecule has 5 aromatic carbocycles. The number of piperidine rings is 1. The highest BCUT2D eigenvalue weighted by atomic mass is 31.2. The molecular formula is C38H35N2O6P. The van der Waals surface area contributed by atoms with E-state index in [4.69, 9.17) is 0 Å². The minimum Gasteiger partial charge on any atom is -0.339 e. The Morgan fingerprint density at radius 3 is 2.02 bits per heavy atom. The lowest BCUT2D eigenvalue weighted by atomic mass is 9.91. The van der Waals surface area contributed by atoms with E-state index in [-0.39, 0.29) is 28.6 Å². The molecule has 238 valence electrons. The van der Waals surface area contributed by atoms with Crippen LogP contribution >= 0.6 is 7.60 Å². The van der Waals surface area contributed by atoms with Gasteiger partial charge in [0.25, 0.3) is 5.91 Å². The number of fused-ring (bicyclic) bond motifs is 2. The average molecular weight is 647 g/mol. The number of carbonyl (C=O) groups excluding carboxylic acids is 3. The van der Waals surface area contributed by atoms with E-state index in [9.17, 15) is 28.7 Å². The molecular weight excluding hydrogens is 611 g/mol. The van der Waals surface area contributed by atoms with Crippen LogP contribution in [-0.4, -0.2) is 63.4 Å². The summed E-state index contributed by atoms with van der Waals surface area (Å²) in [5.41, 5.74) is -0.618. The molecule has 1 unspecified atom stereocenters. The molecule has 1 atom stereocenters. The summed E-state index contributed by atoms with van der Waals surface area (Å²) in [7, 11) is -3.37. The van der Waals surface area contributed by atoms with E-state index in [1.165, 1.54) is 0 Å². The molecule has 2 N–H and O–H groups in total. The normalized spacial score (nSPS) is 14.8. The molecule has 8 nitrogen and oxygen atoms in total. The number of benzene rings is 5. The van der Waals surface area contributed by atoms with E-state index in [2.05, 4.69) is 0 Å². The first-order valence-electron chi connectivity index (χ1n) is 15.5. The Morgan fingerprint density at radius 1 is 0.787 bits per heavy atom. The van der Waals surface area contributed by atoms with Gasteiger partial charge in [0.1, 0.15) is 5.66 Å². The third-order valence-corrected chi connectivity index (χ3v) is 10.1. The highest BCUT2D eigenvalue weighted by Crippen LogP contribution is 2.55. The molecule has 1 saturated heterocycles. The Labute approximate surface area is 273 Å². The first-order valence-corrected chi connectivity index (χ1v) is 17.2. The number of amides is 2. The summed E-state index contributed by atoms with van der Waals surface area (Å²) in [5.74, 6) is -1.33. The van der Waals surface area contributed by atoms with Gasteiger partial charge in [0.05, 0.1) is 5.56 Å². The van der Waals surface area contributed by atoms with Crippen molar-refractivity contribution in [3.8, 4) is 0 Å². The molecule has 0 aliphatic carbocycles. The van der Waals surface area contributed by atoms with E-state index in [1.807, 2.05) is 60.7 Å². The lowest BCUT2D eigenvalue weighted by Gasteiger charge is -2.36. The van der Waals surface area contributed by atoms with E-state index in [0.717, 1.165) is 16.3 Å². The summed E-state index contributed by atoms with van der Waals surface area (Å²) in [5, 5.41) is 2.70. The number of hydrogen-bond donors (Lipinski definition) is 2. The fourth-order valence-electron chi connectivity index (χ4n) is 6.40. The van der Waals surface area contributed by atoms with Gasteiger partial charge in [-0.1, -0.05) is 97.1 Å². The monoisotopic (exact) mass is 646 g/mol. The Morgan fingerprint density at radius 2 is 1.36 bits per heavy atom. The Bertz CT molecular complexity index is 2040. The first kappa shape index (κ1) is 32.1. The molecule has 6 rings (SSSR count). The number of ketones is 1. The topological polar surface area (TPSA) is 115 Å². The number of rotatable bonds is 8. The molecule has 1 heterocycles. The third-order valence-electron chi connectivity index (χ3n) is 8.95. The minimum atomic E-state index is -5.04. The summed E-state index contributed by atoms with van der Waals surface area (Å²) in [4.78, 5) is 66.0. The van der Waals surface area contributed by atoms with Gasteiger partial charge in [0.15, 0.2) is 5.78 Å². The van der Waals surface area contributed by atoms with Gasteiger partial charge in [-0.05, 0) is 63.7 Å². The Balaban J connectivity index is 1.29. The van der Waals surface area contributed by atoms with Gasteiger partial charge in [-0.25, -0.2) is 0 Å². The minimum absolute atomic E-state index is 0.0412. The lowest BCUT2D eigenvalue weighted by molar-refractivity contribution is -0.127. The van der Waals surface area contributed by atoms with Crippen molar-refractivity contribution in [2.75, 3.05) is 20.1 Å². The molecule has 2 amide bonds. The average Bonchev–Trinajstić information content (AvgIpc) is 3.09. The van der Waals surface area contributed by atoms with Crippen molar-refractivity contribution in [3.05, 3.63) is 138 Å². The molecule has 0 aromatic heterocycles. The van der Waals surface area contributed by atoms with Gasteiger partial charge in [-0.2, -0.15) is 0 Å². The van der Waals surface area contributed by atoms with Crippen LogP contribution in [0, 0.1) is 0 Å². The molecule has 47 heavy (non-hydrogen) atoms. The molecule has 1 aliphatic heterocycles. The van der Waals surface area contributed by atoms with Crippen LogP contribution in [0.1, 0.15) is 50.3 Å². The number of nitrogens with zero attached hydrogens (tertiary/aromatic N) is 2. The lowest BCUT2D eigenvalue weighted by Crippen LogP contribution is -2.47. The summed E-state index contributed by atoms with van der Waals surface area (Å²) >= 11 is 0. The van der Waals surface area contributed by atoms with Crippen molar-refractivity contribution in [3.63, 3.8) is 0 Å². The maximum absolute atomic E-state index is 14.4. The third kappa shape index (κ3) is 6.81. The maximum Gasteiger partial charge on any atom is 0.340 e. The molecule has 9 heteroatoms. The number of carbonyl (C=O) groups is 3. The van der Waals surface area contributed by atoms with E-state index in [0.29, 0.717) is 36.7 Å². The zero-order valence-corrected chi connectivity index (χ0v) is 26.8. The number of hydrogen-bond acceptors (Lipinski definition) is 4.